The number of likely N-dealkylation sites (tertiary alicyclic amines) is 1. The number of nitrogens with zero attached hydrogens (tertiary/aromatic N) is 4. The summed E-state index contributed by atoms with van der Waals surface area (Å²) in [6.07, 6.45) is 9.10. The van der Waals surface area contributed by atoms with Gasteiger partial charge in [-0.3, -0.25) is 4.79 Å². The number of imidazole rings is 1. The van der Waals surface area contributed by atoms with Gasteiger partial charge in [0.25, 0.3) is 5.91 Å². The molecule has 0 aromatic carbocycles. The first kappa shape index (κ1) is 16.4. The van der Waals surface area contributed by atoms with Gasteiger partial charge in [-0.2, -0.15) is 0 Å². The van der Waals surface area contributed by atoms with E-state index in [1.807, 2.05) is 31.1 Å². The normalized spacial score (nSPS) is 21.8. The van der Waals surface area contributed by atoms with E-state index < -0.39 is 0 Å². The Hall–Kier alpha value is -2.11. The number of carbonyl (C=O) groups is 1. The number of aryl methyl sites for hydroxylation is 2. The van der Waals surface area contributed by atoms with Crippen LogP contribution >= 0.6 is 0 Å². The molecule has 1 atom stereocenters. The van der Waals surface area contributed by atoms with E-state index in [0.29, 0.717) is 24.1 Å². The predicted molar refractivity (Wildman–Crippen MR) is 93.5 cm³/mol. The molecule has 0 spiro atoms. The summed E-state index contributed by atoms with van der Waals surface area (Å²) in [6.45, 7) is 3.44. The first-order valence-corrected chi connectivity index (χ1v) is 9.37. The second-order valence-corrected chi connectivity index (χ2v) is 7.54. The van der Waals surface area contributed by atoms with E-state index in [4.69, 9.17) is 4.52 Å². The highest BCUT2D eigenvalue weighted by Gasteiger charge is 2.32. The van der Waals surface area contributed by atoms with Gasteiger partial charge in [0.1, 0.15) is 5.82 Å². The number of amides is 1. The average Bonchev–Trinajstić information content (AvgIpc) is 3.34. The zero-order valence-electron chi connectivity index (χ0n) is 15.1. The molecule has 0 N–H and O–H groups in total. The van der Waals surface area contributed by atoms with Crippen LogP contribution < -0.4 is 0 Å². The largest absolute Gasteiger partial charge is 0.351 e. The summed E-state index contributed by atoms with van der Waals surface area (Å²) in [5, 5.41) is 4.19. The van der Waals surface area contributed by atoms with Gasteiger partial charge in [0.2, 0.25) is 5.76 Å². The quantitative estimate of drug-likeness (QED) is 0.857. The molecule has 1 unspecified atom stereocenters. The summed E-state index contributed by atoms with van der Waals surface area (Å²) in [5.41, 5.74) is 1.98. The Morgan fingerprint density at radius 2 is 2.00 bits per heavy atom. The number of hydrogen-bond donors (Lipinski definition) is 0. The summed E-state index contributed by atoms with van der Waals surface area (Å²) >= 11 is 0. The fraction of sp³-hybridized carbons (Fsp3) is 0.632. The van der Waals surface area contributed by atoms with Gasteiger partial charge in [-0.1, -0.05) is 24.4 Å². The molecule has 2 fully saturated rings. The van der Waals surface area contributed by atoms with Gasteiger partial charge in [-0.05, 0) is 26.2 Å². The van der Waals surface area contributed by atoms with Crippen molar-refractivity contribution < 1.29 is 9.32 Å². The van der Waals surface area contributed by atoms with Gasteiger partial charge in [0.05, 0.1) is 11.4 Å². The average molecular weight is 342 g/mol. The molecule has 1 saturated heterocycles. The third-order valence-electron chi connectivity index (χ3n) is 5.64. The lowest BCUT2D eigenvalue weighted by Crippen LogP contribution is -2.28. The lowest BCUT2D eigenvalue weighted by atomic mass is 9.87. The maximum Gasteiger partial charge on any atom is 0.292 e. The Morgan fingerprint density at radius 3 is 2.72 bits per heavy atom. The standard InChI is InChI=1S/C19H26N4O2/c1-13-11-22(2)18(20-13)15-8-9-23(12-15)19(24)17-10-16(21-25-17)14-6-4-3-5-7-14/h10-11,14-15H,3-9,12H2,1-2H3. The molecule has 2 aromatic heterocycles. The van der Waals surface area contributed by atoms with Gasteiger partial charge in [0, 0.05) is 44.2 Å². The molecule has 0 bridgehead atoms. The van der Waals surface area contributed by atoms with Crippen LogP contribution in [0.5, 0.6) is 0 Å². The second-order valence-electron chi connectivity index (χ2n) is 7.54. The van der Waals surface area contributed by atoms with Crippen LogP contribution in [0.15, 0.2) is 16.8 Å². The number of rotatable bonds is 3. The molecule has 6 heteroatoms. The predicted octanol–water partition coefficient (Wildman–Crippen LogP) is 3.39. The van der Waals surface area contributed by atoms with Crippen molar-refractivity contribution in [1.29, 1.82) is 0 Å². The topological polar surface area (TPSA) is 64.2 Å². The monoisotopic (exact) mass is 342 g/mol. The summed E-state index contributed by atoms with van der Waals surface area (Å²) in [7, 11) is 2.02. The van der Waals surface area contributed by atoms with Crippen molar-refractivity contribution >= 4 is 5.91 Å². The maximum absolute atomic E-state index is 12.8. The minimum atomic E-state index is -0.0389. The van der Waals surface area contributed by atoms with Crippen LogP contribution in [0.25, 0.3) is 0 Å². The number of carbonyl (C=O) groups excluding carboxylic acids is 1. The molecule has 0 radical (unpaired) electrons. The molecule has 2 aliphatic rings. The lowest BCUT2D eigenvalue weighted by Gasteiger charge is -2.18. The zero-order chi connectivity index (χ0) is 17.4. The molecule has 25 heavy (non-hydrogen) atoms. The molecule has 3 heterocycles. The Kier molecular flexibility index (Phi) is 4.36. The highest BCUT2D eigenvalue weighted by Crippen LogP contribution is 2.33. The zero-order valence-corrected chi connectivity index (χ0v) is 15.1. The summed E-state index contributed by atoms with van der Waals surface area (Å²) in [4.78, 5) is 19.3. The van der Waals surface area contributed by atoms with Crippen molar-refractivity contribution in [1.82, 2.24) is 19.6 Å². The van der Waals surface area contributed by atoms with E-state index in [-0.39, 0.29) is 5.91 Å². The molecular weight excluding hydrogens is 316 g/mol. The molecule has 1 amide bonds. The summed E-state index contributed by atoms with van der Waals surface area (Å²) in [6, 6.07) is 1.87. The van der Waals surface area contributed by atoms with Crippen molar-refractivity contribution in [3.8, 4) is 0 Å². The summed E-state index contributed by atoms with van der Waals surface area (Å²) in [5.74, 6) is 2.16. The van der Waals surface area contributed by atoms with Crippen LogP contribution in [-0.2, 0) is 7.05 Å². The Morgan fingerprint density at radius 1 is 1.20 bits per heavy atom. The van der Waals surface area contributed by atoms with Gasteiger partial charge in [-0.15, -0.1) is 0 Å². The van der Waals surface area contributed by atoms with Crippen LogP contribution in [0.2, 0.25) is 0 Å². The van der Waals surface area contributed by atoms with Crippen molar-refractivity contribution in [3.05, 3.63) is 35.2 Å². The third-order valence-corrected chi connectivity index (χ3v) is 5.64. The lowest BCUT2D eigenvalue weighted by molar-refractivity contribution is 0.0748. The van der Waals surface area contributed by atoms with Gasteiger partial charge < -0.3 is 14.0 Å². The highest BCUT2D eigenvalue weighted by atomic mass is 16.5. The molecule has 6 nitrogen and oxygen atoms in total. The minimum Gasteiger partial charge on any atom is -0.351 e. The van der Waals surface area contributed by atoms with E-state index >= 15 is 0 Å². The smallest absolute Gasteiger partial charge is 0.292 e. The van der Waals surface area contributed by atoms with Crippen LogP contribution in [-0.4, -0.2) is 38.6 Å². The third kappa shape index (κ3) is 3.22. The maximum atomic E-state index is 12.8. The van der Waals surface area contributed by atoms with Gasteiger partial charge in [0.15, 0.2) is 0 Å². The Bertz CT molecular complexity index is 757. The van der Waals surface area contributed by atoms with Crippen LogP contribution in [0, 0.1) is 6.92 Å². The molecular formula is C19H26N4O2. The van der Waals surface area contributed by atoms with Crippen molar-refractivity contribution in [2.75, 3.05) is 13.1 Å². The SMILES string of the molecule is Cc1cn(C)c(C2CCN(C(=O)c3cc(C4CCCCC4)no3)C2)n1. The van der Waals surface area contributed by atoms with E-state index in [1.54, 1.807) is 0 Å². The molecule has 134 valence electrons. The second kappa shape index (κ2) is 6.65. The van der Waals surface area contributed by atoms with Crippen LogP contribution in [0.3, 0.4) is 0 Å². The van der Waals surface area contributed by atoms with Crippen LogP contribution in [0.4, 0.5) is 0 Å². The fourth-order valence-electron chi connectivity index (χ4n) is 4.31. The summed E-state index contributed by atoms with van der Waals surface area (Å²) < 4.78 is 7.47. The molecule has 4 rings (SSSR count). The van der Waals surface area contributed by atoms with E-state index in [9.17, 15) is 4.79 Å². The van der Waals surface area contributed by atoms with Crippen molar-refractivity contribution in [3.63, 3.8) is 0 Å². The van der Waals surface area contributed by atoms with E-state index in [1.165, 1.54) is 19.3 Å². The van der Waals surface area contributed by atoms with Crippen LogP contribution in [0.1, 0.15) is 78.1 Å². The van der Waals surface area contributed by atoms with E-state index in [2.05, 4.69) is 14.7 Å². The van der Waals surface area contributed by atoms with Gasteiger partial charge >= 0.3 is 0 Å². The fourth-order valence-corrected chi connectivity index (χ4v) is 4.31. The molecule has 1 aliphatic heterocycles. The molecule has 1 aliphatic carbocycles. The minimum absolute atomic E-state index is 0.0389. The first-order chi connectivity index (χ1) is 12.1. The van der Waals surface area contributed by atoms with E-state index in [0.717, 1.165) is 43.0 Å². The Labute approximate surface area is 148 Å². The molecule has 1 saturated carbocycles. The number of hydrogen-bond acceptors (Lipinski definition) is 4. The van der Waals surface area contributed by atoms with Crippen molar-refractivity contribution in [2.24, 2.45) is 7.05 Å². The van der Waals surface area contributed by atoms with Gasteiger partial charge in [-0.25, -0.2) is 4.98 Å². The van der Waals surface area contributed by atoms with Crippen molar-refractivity contribution in [2.45, 2.75) is 57.3 Å². The number of aromatic nitrogens is 3. The Balaban J connectivity index is 1.43. The first-order valence-electron chi connectivity index (χ1n) is 9.37. The molecule has 2 aromatic rings. The highest BCUT2D eigenvalue weighted by molar-refractivity contribution is 5.91.